The zero-order chi connectivity index (χ0) is 15.1. The van der Waals surface area contributed by atoms with Crippen LogP contribution in [0.25, 0.3) is 0 Å². The molecule has 116 valence electrons. The van der Waals surface area contributed by atoms with Crippen LogP contribution in [0.2, 0.25) is 0 Å². The minimum Gasteiger partial charge on any atom is -0.382 e. The van der Waals surface area contributed by atoms with Crippen LogP contribution in [-0.4, -0.2) is 38.9 Å². The molecule has 0 saturated carbocycles. The minimum absolute atomic E-state index is 0.0656. The quantitative estimate of drug-likeness (QED) is 0.846. The molecule has 0 bridgehead atoms. The number of carbonyl (C=O) groups is 1. The lowest BCUT2D eigenvalue weighted by Gasteiger charge is -2.29. The van der Waals surface area contributed by atoms with Crippen LogP contribution in [0.5, 0.6) is 0 Å². The molecule has 1 aromatic rings. The fourth-order valence-corrected chi connectivity index (χ4v) is 2.61. The van der Waals surface area contributed by atoms with Crippen molar-refractivity contribution >= 4 is 17.3 Å². The first kappa shape index (κ1) is 15.8. The van der Waals surface area contributed by atoms with E-state index in [1.165, 1.54) is 7.11 Å². The SMILES string of the molecule is COCC(=O)Nc1cccc(N[C@@H](C)C2CCOCC2)c1. The number of nitrogens with one attached hydrogen (secondary N) is 2. The predicted octanol–water partition coefficient (Wildman–Crippen LogP) is 2.50. The van der Waals surface area contributed by atoms with E-state index in [1.807, 2.05) is 24.3 Å². The highest BCUT2D eigenvalue weighted by Crippen LogP contribution is 2.23. The molecule has 0 unspecified atom stereocenters. The van der Waals surface area contributed by atoms with E-state index in [1.54, 1.807) is 0 Å². The topological polar surface area (TPSA) is 59.6 Å². The van der Waals surface area contributed by atoms with Crippen molar-refractivity contribution in [1.29, 1.82) is 0 Å². The number of carbonyl (C=O) groups excluding carboxylic acids is 1. The van der Waals surface area contributed by atoms with Gasteiger partial charge in [-0.3, -0.25) is 4.79 Å². The molecule has 1 atom stereocenters. The molecule has 0 aliphatic carbocycles. The molecule has 1 aromatic carbocycles. The Balaban J connectivity index is 1.92. The van der Waals surface area contributed by atoms with Gasteiger partial charge in [-0.05, 0) is 43.9 Å². The Kier molecular flexibility index (Phi) is 6.02. The van der Waals surface area contributed by atoms with E-state index in [0.29, 0.717) is 12.0 Å². The third kappa shape index (κ3) is 5.02. The summed E-state index contributed by atoms with van der Waals surface area (Å²) in [7, 11) is 1.51. The van der Waals surface area contributed by atoms with Crippen LogP contribution in [0.15, 0.2) is 24.3 Å². The summed E-state index contributed by atoms with van der Waals surface area (Å²) >= 11 is 0. The highest BCUT2D eigenvalue weighted by atomic mass is 16.5. The highest BCUT2D eigenvalue weighted by Gasteiger charge is 2.20. The molecule has 1 amide bonds. The van der Waals surface area contributed by atoms with Gasteiger partial charge in [-0.1, -0.05) is 6.07 Å². The lowest BCUT2D eigenvalue weighted by atomic mass is 9.93. The maximum absolute atomic E-state index is 11.5. The maximum Gasteiger partial charge on any atom is 0.250 e. The van der Waals surface area contributed by atoms with Crippen LogP contribution in [-0.2, 0) is 14.3 Å². The molecule has 1 fully saturated rings. The van der Waals surface area contributed by atoms with Crippen molar-refractivity contribution in [2.45, 2.75) is 25.8 Å². The molecule has 0 spiro atoms. The van der Waals surface area contributed by atoms with E-state index >= 15 is 0 Å². The summed E-state index contributed by atoms with van der Waals surface area (Å²) < 4.78 is 10.2. The summed E-state index contributed by atoms with van der Waals surface area (Å²) in [4.78, 5) is 11.5. The van der Waals surface area contributed by atoms with Crippen LogP contribution in [0.4, 0.5) is 11.4 Å². The number of methoxy groups -OCH3 is 1. The number of ether oxygens (including phenoxy) is 2. The summed E-state index contributed by atoms with van der Waals surface area (Å²) in [5, 5.41) is 6.33. The van der Waals surface area contributed by atoms with Gasteiger partial charge in [0.25, 0.3) is 0 Å². The Hall–Kier alpha value is -1.59. The van der Waals surface area contributed by atoms with E-state index in [4.69, 9.17) is 9.47 Å². The lowest BCUT2D eigenvalue weighted by Crippen LogP contribution is -2.31. The van der Waals surface area contributed by atoms with Crippen molar-refractivity contribution < 1.29 is 14.3 Å². The zero-order valence-corrected chi connectivity index (χ0v) is 12.7. The first-order chi connectivity index (χ1) is 10.2. The van der Waals surface area contributed by atoms with E-state index in [0.717, 1.165) is 37.4 Å². The van der Waals surface area contributed by atoms with Gasteiger partial charge in [0.05, 0.1) is 0 Å². The summed E-state index contributed by atoms with van der Waals surface area (Å²) in [6, 6.07) is 8.16. The summed E-state index contributed by atoms with van der Waals surface area (Å²) in [6.45, 7) is 3.97. The number of rotatable bonds is 6. The van der Waals surface area contributed by atoms with Crippen LogP contribution < -0.4 is 10.6 Å². The highest BCUT2D eigenvalue weighted by molar-refractivity contribution is 5.92. The molecule has 2 N–H and O–H groups in total. The summed E-state index contributed by atoms with van der Waals surface area (Å²) in [6.07, 6.45) is 2.19. The van der Waals surface area contributed by atoms with Crippen molar-refractivity contribution in [3.63, 3.8) is 0 Å². The van der Waals surface area contributed by atoms with Gasteiger partial charge in [-0.2, -0.15) is 0 Å². The predicted molar refractivity (Wildman–Crippen MR) is 83.6 cm³/mol. The van der Waals surface area contributed by atoms with Crippen molar-refractivity contribution in [3.05, 3.63) is 24.3 Å². The molecule has 5 nitrogen and oxygen atoms in total. The third-order valence-electron chi connectivity index (χ3n) is 3.79. The molecule has 1 aliphatic rings. The second kappa shape index (κ2) is 8.00. The van der Waals surface area contributed by atoms with Crippen molar-refractivity contribution in [2.24, 2.45) is 5.92 Å². The number of amides is 1. The molecule has 0 radical (unpaired) electrons. The smallest absolute Gasteiger partial charge is 0.250 e. The van der Waals surface area contributed by atoms with E-state index in [2.05, 4.69) is 17.6 Å². The van der Waals surface area contributed by atoms with Gasteiger partial charge < -0.3 is 20.1 Å². The number of benzene rings is 1. The Labute approximate surface area is 126 Å². The first-order valence-electron chi connectivity index (χ1n) is 7.42. The molecule has 1 saturated heterocycles. The molecule has 1 aliphatic heterocycles. The van der Waals surface area contributed by atoms with Crippen LogP contribution in [0, 0.1) is 5.92 Å². The molecule has 0 aromatic heterocycles. The Morgan fingerprint density at radius 2 is 2.10 bits per heavy atom. The second-order valence-electron chi connectivity index (χ2n) is 5.44. The molecular formula is C16H24N2O3. The van der Waals surface area contributed by atoms with Crippen molar-refractivity contribution in [3.8, 4) is 0 Å². The number of anilines is 2. The Bertz CT molecular complexity index is 459. The number of hydrogen-bond donors (Lipinski definition) is 2. The first-order valence-corrected chi connectivity index (χ1v) is 7.42. The largest absolute Gasteiger partial charge is 0.382 e. The fourth-order valence-electron chi connectivity index (χ4n) is 2.61. The molecule has 5 heteroatoms. The van der Waals surface area contributed by atoms with E-state index in [9.17, 15) is 4.79 Å². The summed E-state index contributed by atoms with van der Waals surface area (Å²) in [5.41, 5.74) is 1.80. The van der Waals surface area contributed by atoms with Crippen LogP contribution in [0.3, 0.4) is 0 Å². The van der Waals surface area contributed by atoms with Crippen molar-refractivity contribution in [2.75, 3.05) is 37.6 Å². The average Bonchev–Trinajstić information content (AvgIpc) is 2.48. The molecule has 21 heavy (non-hydrogen) atoms. The monoisotopic (exact) mass is 292 g/mol. The zero-order valence-electron chi connectivity index (χ0n) is 12.7. The van der Waals surface area contributed by atoms with Crippen molar-refractivity contribution in [1.82, 2.24) is 0 Å². The molecule has 2 rings (SSSR count). The average molecular weight is 292 g/mol. The standard InChI is InChI=1S/C16H24N2O3/c1-12(13-6-8-21-9-7-13)17-14-4-3-5-15(10-14)18-16(19)11-20-2/h3-5,10,12-13,17H,6-9,11H2,1-2H3,(H,18,19)/t12-/m0/s1. The maximum atomic E-state index is 11.5. The molecular weight excluding hydrogens is 268 g/mol. The normalized spacial score (nSPS) is 17.2. The van der Waals surface area contributed by atoms with Crippen LogP contribution >= 0.6 is 0 Å². The van der Waals surface area contributed by atoms with Gasteiger partial charge >= 0.3 is 0 Å². The fraction of sp³-hybridized carbons (Fsp3) is 0.562. The van der Waals surface area contributed by atoms with Gasteiger partial charge in [0, 0.05) is 37.7 Å². The van der Waals surface area contributed by atoms with Gasteiger partial charge in [0.15, 0.2) is 0 Å². The van der Waals surface area contributed by atoms with E-state index < -0.39 is 0 Å². The Morgan fingerprint density at radius 1 is 1.38 bits per heavy atom. The number of hydrogen-bond acceptors (Lipinski definition) is 4. The summed E-state index contributed by atoms with van der Waals surface area (Å²) in [5.74, 6) is 0.484. The Morgan fingerprint density at radius 3 is 2.81 bits per heavy atom. The van der Waals surface area contributed by atoms with Gasteiger partial charge in [0.1, 0.15) is 6.61 Å². The minimum atomic E-state index is -0.146. The second-order valence-corrected chi connectivity index (χ2v) is 5.44. The van der Waals surface area contributed by atoms with Crippen LogP contribution in [0.1, 0.15) is 19.8 Å². The lowest BCUT2D eigenvalue weighted by molar-refractivity contribution is -0.119. The van der Waals surface area contributed by atoms with E-state index in [-0.39, 0.29) is 12.5 Å². The van der Waals surface area contributed by atoms with Gasteiger partial charge in [-0.25, -0.2) is 0 Å². The molecule has 1 heterocycles. The van der Waals surface area contributed by atoms with Gasteiger partial charge in [-0.15, -0.1) is 0 Å². The van der Waals surface area contributed by atoms with Gasteiger partial charge in [0.2, 0.25) is 5.91 Å². The third-order valence-corrected chi connectivity index (χ3v) is 3.79.